The zero-order valence-corrected chi connectivity index (χ0v) is 15.1. The lowest BCUT2D eigenvalue weighted by Gasteiger charge is -2.32. The lowest BCUT2D eigenvalue weighted by atomic mass is 9.74. The molecule has 0 spiro atoms. The number of amides is 1. The molecular weight excluding hydrogens is 262 g/mol. The van der Waals surface area contributed by atoms with Crippen molar-refractivity contribution in [1.29, 1.82) is 0 Å². The number of carbonyl (C=O) groups excluding carboxylic acids is 2. The number of ketones is 1. The smallest absolute Gasteiger partial charge is 0.225 e. The SMILES string of the molecule is CC.CC(C)C(=O)C1CCCCC1CNC(=O)C(C)(C)C. The van der Waals surface area contributed by atoms with Crippen molar-refractivity contribution in [2.45, 2.75) is 74.1 Å². The van der Waals surface area contributed by atoms with Crippen molar-refractivity contribution in [2.24, 2.45) is 23.2 Å². The zero-order valence-electron chi connectivity index (χ0n) is 15.1. The van der Waals surface area contributed by atoms with Crippen LogP contribution in [0.2, 0.25) is 0 Å². The van der Waals surface area contributed by atoms with Gasteiger partial charge in [-0.1, -0.05) is 61.3 Å². The maximum absolute atomic E-state index is 12.2. The summed E-state index contributed by atoms with van der Waals surface area (Å²) in [5.74, 6) is 1.02. The Morgan fingerprint density at radius 3 is 2.10 bits per heavy atom. The second kappa shape index (κ2) is 9.22. The molecule has 2 unspecified atom stereocenters. The third kappa shape index (κ3) is 6.62. The molecule has 1 rings (SSSR count). The molecule has 1 amide bonds. The Hall–Kier alpha value is -0.860. The van der Waals surface area contributed by atoms with Crippen LogP contribution in [0.25, 0.3) is 0 Å². The van der Waals surface area contributed by atoms with Gasteiger partial charge < -0.3 is 5.32 Å². The van der Waals surface area contributed by atoms with Gasteiger partial charge in [0.1, 0.15) is 5.78 Å². The van der Waals surface area contributed by atoms with Gasteiger partial charge in [0, 0.05) is 23.8 Å². The van der Waals surface area contributed by atoms with E-state index in [1.165, 1.54) is 6.42 Å². The molecule has 0 aromatic heterocycles. The standard InChI is InChI=1S/C16H29NO2.C2H6/c1-11(2)14(18)13-9-7-6-8-12(13)10-17-15(19)16(3,4)5;1-2/h11-13H,6-10H2,1-5H3,(H,17,19);1-2H3. The van der Waals surface area contributed by atoms with Gasteiger partial charge in [-0.25, -0.2) is 0 Å². The molecule has 0 radical (unpaired) electrons. The second-order valence-corrected chi connectivity index (χ2v) is 7.17. The summed E-state index contributed by atoms with van der Waals surface area (Å²) in [6.45, 7) is 14.3. The van der Waals surface area contributed by atoms with Gasteiger partial charge in [0.2, 0.25) is 5.91 Å². The van der Waals surface area contributed by atoms with Crippen LogP contribution in [0.5, 0.6) is 0 Å². The first-order chi connectivity index (χ1) is 9.73. The quantitative estimate of drug-likeness (QED) is 0.845. The summed E-state index contributed by atoms with van der Waals surface area (Å²) in [5.41, 5.74) is -0.355. The average Bonchev–Trinajstić information content (AvgIpc) is 2.45. The van der Waals surface area contributed by atoms with Crippen molar-refractivity contribution >= 4 is 11.7 Å². The molecule has 21 heavy (non-hydrogen) atoms. The van der Waals surface area contributed by atoms with E-state index in [1.807, 2.05) is 48.5 Å². The molecule has 0 heterocycles. The van der Waals surface area contributed by atoms with E-state index in [0.29, 0.717) is 18.2 Å². The molecule has 0 aliphatic heterocycles. The van der Waals surface area contributed by atoms with Crippen molar-refractivity contribution in [3.05, 3.63) is 0 Å². The Labute approximate surface area is 131 Å². The Morgan fingerprint density at radius 2 is 1.62 bits per heavy atom. The molecule has 1 fully saturated rings. The molecule has 3 heteroatoms. The fourth-order valence-electron chi connectivity index (χ4n) is 2.74. The van der Waals surface area contributed by atoms with Crippen LogP contribution in [0.4, 0.5) is 0 Å². The van der Waals surface area contributed by atoms with E-state index in [2.05, 4.69) is 5.32 Å². The molecule has 1 aliphatic carbocycles. The van der Waals surface area contributed by atoms with E-state index in [0.717, 1.165) is 19.3 Å². The minimum absolute atomic E-state index is 0.0776. The molecule has 0 bridgehead atoms. The van der Waals surface area contributed by atoms with Crippen LogP contribution in [0, 0.1) is 23.2 Å². The highest BCUT2D eigenvalue weighted by Gasteiger charge is 2.32. The minimum atomic E-state index is -0.355. The minimum Gasteiger partial charge on any atom is -0.355 e. The zero-order chi connectivity index (χ0) is 16.6. The van der Waals surface area contributed by atoms with Crippen LogP contribution in [0.3, 0.4) is 0 Å². The van der Waals surface area contributed by atoms with Gasteiger partial charge in [0.05, 0.1) is 0 Å². The number of hydrogen-bond donors (Lipinski definition) is 1. The van der Waals surface area contributed by atoms with E-state index in [1.54, 1.807) is 0 Å². The summed E-state index contributed by atoms with van der Waals surface area (Å²) < 4.78 is 0. The Bertz CT molecular complexity index is 329. The van der Waals surface area contributed by atoms with Crippen molar-refractivity contribution in [2.75, 3.05) is 6.54 Å². The van der Waals surface area contributed by atoms with Crippen LogP contribution < -0.4 is 5.32 Å². The topological polar surface area (TPSA) is 46.2 Å². The Kier molecular flexibility index (Phi) is 8.84. The largest absolute Gasteiger partial charge is 0.355 e. The molecule has 2 atom stereocenters. The summed E-state index contributed by atoms with van der Waals surface area (Å²) >= 11 is 0. The lowest BCUT2D eigenvalue weighted by molar-refractivity contribution is -0.131. The van der Waals surface area contributed by atoms with E-state index in [4.69, 9.17) is 0 Å². The lowest BCUT2D eigenvalue weighted by Crippen LogP contribution is -2.42. The fraction of sp³-hybridized carbons (Fsp3) is 0.889. The molecule has 1 N–H and O–H groups in total. The Morgan fingerprint density at radius 1 is 1.10 bits per heavy atom. The van der Waals surface area contributed by atoms with Crippen LogP contribution in [0.15, 0.2) is 0 Å². The van der Waals surface area contributed by atoms with Crippen LogP contribution in [-0.4, -0.2) is 18.2 Å². The maximum atomic E-state index is 12.2. The molecule has 0 aromatic carbocycles. The molecular formula is C18H35NO2. The van der Waals surface area contributed by atoms with Gasteiger partial charge in [-0.05, 0) is 18.8 Å². The highest BCUT2D eigenvalue weighted by atomic mass is 16.2. The number of hydrogen-bond acceptors (Lipinski definition) is 2. The van der Waals surface area contributed by atoms with Crippen molar-refractivity contribution < 1.29 is 9.59 Å². The predicted octanol–water partition coefficient (Wildman–Crippen LogP) is 4.21. The highest BCUT2D eigenvalue weighted by molar-refractivity contribution is 5.83. The van der Waals surface area contributed by atoms with Crippen LogP contribution >= 0.6 is 0 Å². The second-order valence-electron chi connectivity index (χ2n) is 7.17. The number of carbonyl (C=O) groups is 2. The van der Waals surface area contributed by atoms with E-state index in [-0.39, 0.29) is 23.2 Å². The monoisotopic (exact) mass is 297 g/mol. The van der Waals surface area contributed by atoms with E-state index < -0.39 is 0 Å². The summed E-state index contributed by atoms with van der Waals surface area (Å²) in [7, 11) is 0. The summed E-state index contributed by atoms with van der Waals surface area (Å²) in [4.78, 5) is 24.2. The summed E-state index contributed by atoms with van der Waals surface area (Å²) in [6, 6.07) is 0. The molecule has 0 saturated heterocycles. The summed E-state index contributed by atoms with van der Waals surface area (Å²) in [5, 5.41) is 3.02. The van der Waals surface area contributed by atoms with Gasteiger partial charge in [-0.2, -0.15) is 0 Å². The maximum Gasteiger partial charge on any atom is 0.225 e. The summed E-state index contributed by atoms with van der Waals surface area (Å²) in [6.07, 6.45) is 4.38. The van der Waals surface area contributed by atoms with Gasteiger partial charge in [-0.3, -0.25) is 9.59 Å². The van der Waals surface area contributed by atoms with Crippen LogP contribution in [0.1, 0.15) is 74.1 Å². The Balaban J connectivity index is 0.00000191. The first-order valence-corrected chi connectivity index (χ1v) is 8.55. The van der Waals surface area contributed by atoms with Gasteiger partial charge in [-0.15, -0.1) is 0 Å². The number of nitrogens with one attached hydrogen (secondary N) is 1. The van der Waals surface area contributed by atoms with E-state index >= 15 is 0 Å². The third-order valence-electron chi connectivity index (χ3n) is 4.05. The van der Waals surface area contributed by atoms with E-state index in [9.17, 15) is 9.59 Å². The molecule has 124 valence electrons. The first-order valence-electron chi connectivity index (χ1n) is 8.55. The first kappa shape index (κ1) is 20.1. The van der Waals surface area contributed by atoms with Crippen molar-refractivity contribution in [1.82, 2.24) is 5.32 Å². The van der Waals surface area contributed by atoms with Gasteiger partial charge in [0.15, 0.2) is 0 Å². The number of Topliss-reactive ketones (excluding diaryl/α,β-unsaturated/α-hetero) is 1. The van der Waals surface area contributed by atoms with Crippen LogP contribution in [-0.2, 0) is 9.59 Å². The normalized spacial score (nSPS) is 22.3. The van der Waals surface area contributed by atoms with Crippen molar-refractivity contribution in [3.63, 3.8) is 0 Å². The van der Waals surface area contributed by atoms with Gasteiger partial charge in [0.25, 0.3) is 0 Å². The fourth-order valence-corrected chi connectivity index (χ4v) is 2.74. The molecule has 3 nitrogen and oxygen atoms in total. The van der Waals surface area contributed by atoms with Crippen molar-refractivity contribution in [3.8, 4) is 0 Å². The predicted molar refractivity (Wildman–Crippen MR) is 89.1 cm³/mol. The molecule has 0 aromatic rings. The highest BCUT2D eigenvalue weighted by Crippen LogP contribution is 2.32. The molecule has 1 saturated carbocycles. The molecule has 1 aliphatic rings. The average molecular weight is 297 g/mol. The van der Waals surface area contributed by atoms with Gasteiger partial charge >= 0.3 is 0 Å². The number of rotatable bonds is 4. The third-order valence-corrected chi connectivity index (χ3v) is 4.05.